The van der Waals surface area contributed by atoms with Crippen LogP contribution in [0.3, 0.4) is 0 Å². The van der Waals surface area contributed by atoms with E-state index in [0.717, 1.165) is 6.42 Å². The summed E-state index contributed by atoms with van der Waals surface area (Å²) in [4.78, 5) is 21.6. The van der Waals surface area contributed by atoms with Gasteiger partial charge in [0.2, 0.25) is 5.88 Å². The molecule has 0 aromatic carbocycles. The minimum absolute atomic E-state index is 0.250. The standard InChI is InChI=1S/C14H21N3O3/c1-14(2,3)20-13(18)17-7-4-11(9-17)10-19-12-8-15-5-6-16-12/h5-6,8,11H,4,7,9-10H2,1-3H3. The number of amides is 1. The first kappa shape index (κ1) is 14.6. The first-order valence-corrected chi connectivity index (χ1v) is 6.81. The molecule has 0 bridgehead atoms. The number of carbonyl (C=O) groups is 1. The third-order valence-electron chi connectivity index (χ3n) is 2.94. The van der Waals surface area contributed by atoms with Crippen LogP contribution in [0.15, 0.2) is 18.6 Å². The van der Waals surface area contributed by atoms with E-state index in [0.29, 0.717) is 31.5 Å². The van der Waals surface area contributed by atoms with Crippen LogP contribution in [0.4, 0.5) is 4.79 Å². The summed E-state index contributed by atoms with van der Waals surface area (Å²) in [5, 5.41) is 0. The molecule has 1 amide bonds. The van der Waals surface area contributed by atoms with Crippen LogP contribution in [0.1, 0.15) is 27.2 Å². The maximum absolute atomic E-state index is 11.9. The maximum Gasteiger partial charge on any atom is 0.410 e. The molecule has 1 unspecified atom stereocenters. The number of aromatic nitrogens is 2. The molecule has 20 heavy (non-hydrogen) atoms. The van der Waals surface area contributed by atoms with Gasteiger partial charge in [-0.3, -0.25) is 4.98 Å². The van der Waals surface area contributed by atoms with Gasteiger partial charge in [0.25, 0.3) is 0 Å². The minimum Gasteiger partial charge on any atom is -0.476 e. The maximum atomic E-state index is 11.9. The number of hydrogen-bond acceptors (Lipinski definition) is 5. The average molecular weight is 279 g/mol. The Morgan fingerprint density at radius 2 is 2.25 bits per heavy atom. The van der Waals surface area contributed by atoms with Crippen molar-refractivity contribution in [3.05, 3.63) is 18.6 Å². The zero-order chi connectivity index (χ0) is 14.6. The second-order valence-corrected chi connectivity index (χ2v) is 5.94. The van der Waals surface area contributed by atoms with Crippen molar-refractivity contribution in [3.8, 4) is 5.88 Å². The molecule has 0 aliphatic carbocycles. The lowest BCUT2D eigenvalue weighted by atomic mass is 10.1. The molecule has 1 saturated heterocycles. The Morgan fingerprint density at radius 1 is 1.45 bits per heavy atom. The van der Waals surface area contributed by atoms with E-state index in [-0.39, 0.29) is 6.09 Å². The van der Waals surface area contributed by atoms with Crippen LogP contribution >= 0.6 is 0 Å². The number of likely N-dealkylation sites (tertiary alicyclic amines) is 1. The summed E-state index contributed by atoms with van der Waals surface area (Å²) in [6, 6.07) is 0. The molecule has 0 N–H and O–H groups in total. The van der Waals surface area contributed by atoms with Gasteiger partial charge in [-0.05, 0) is 27.2 Å². The van der Waals surface area contributed by atoms with Gasteiger partial charge in [0.15, 0.2) is 0 Å². The molecule has 6 nitrogen and oxygen atoms in total. The van der Waals surface area contributed by atoms with Crippen molar-refractivity contribution < 1.29 is 14.3 Å². The third-order valence-corrected chi connectivity index (χ3v) is 2.94. The molecule has 6 heteroatoms. The molecule has 1 aromatic rings. The molecule has 0 radical (unpaired) electrons. The number of ether oxygens (including phenoxy) is 2. The van der Waals surface area contributed by atoms with Crippen LogP contribution in [-0.4, -0.2) is 46.3 Å². The van der Waals surface area contributed by atoms with Gasteiger partial charge in [0, 0.05) is 31.4 Å². The van der Waals surface area contributed by atoms with Gasteiger partial charge in [0.05, 0.1) is 12.8 Å². The molecule has 0 spiro atoms. The molecule has 110 valence electrons. The van der Waals surface area contributed by atoms with E-state index in [9.17, 15) is 4.79 Å². The van der Waals surface area contributed by atoms with E-state index in [1.807, 2.05) is 20.8 Å². The predicted octanol–water partition coefficient (Wildman–Crippen LogP) is 2.11. The molecule has 1 aromatic heterocycles. The van der Waals surface area contributed by atoms with Crippen LogP contribution in [0, 0.1) is 5.92 Å². The van der Waals surface area contributed by atoms with Crippen LogP contribution in [-0.2, 0) is 4.74 Å². The Bertz CT molecular complexity index is 445. The second kappa shape index (κ2) is 6.07. The largest absolute Gasteiger partial charge is 0.476 e. The Morgan fingerprint density at radius 3 is 2.90 bits per heavy atom. The summed E-state index contributed by atoms with van der Waals surface area (Å²) >= 11 is 0. The van der Waals surface area contributed by atoms with Crippen LogP contribution < -0.4 is 4.74 Å². The second-order valence-electron chi connectivity index (χ2n) is 5.94. The smallest absolute Gasteiger partial charge is 0.410 e. The quantitative estimate of drug-likeness (QED) is 0.848. The van der Waals surface area contributed by atoms with Crippen molar-refractivity contribution in [2.45, 2.75) is 32.8 Å². The van der Waals surface area contributed by atoms with Crippen LogP contribution in [0.5, 0.6) is 5.88 Å². The topological polar surface area (TPSA) is 64.5 Å². The molecular formula is C14H21N3O3. The summed E-state index contributed by atoms with van der Waals surface area (Å²) in [5.74, 6) is 0.827. The Labute approximate surface area is 119 Å². The summed E-state index contributed by atoms with van der Waals surface area (Å²) in [5.41, 5.74) is -0.453. The lowest BCUT2D eigenvalue weighted by Crippen LogP contribution is -2.35. The van der Waals surface area contributed by atoms with Crippen LogP contribution in [0.25, 0.3) is 0 Å². The van der Waals surface area contributed by atoms with E-state index < -0.39 is 5.60 Å². The normalized spacial score (nSPS) is 18.9. The third kappa shape index (κ3) is 4.36. The Hall–Kier alpha value is -1.85. The molecule has 2 heterocycles. The molecule has 1 aliphatic heterocycles. The van der Waals surface area contributed by atoms with Gasteiger partial charge >= 0.3 is 6.09 Å². The molecule has 1 fully saturated rings. The van der Waals surface area contributed by atoms with E-state index >= 15 is 0 Å². The number of rotatable bonds is 3. The van der Waals surface area contributed by atoms with Crippen molar-refractivity contribution in [2.24, 2.45) is 5.92 Å². The van der Waals surface area contributed by atoms with Gasteiger partial charge < -0.3 is 14.4 Å². The van der Waals surface area contributed by atoms with Crippen molar-refractivity contribution in [3.63, 3.8) is 0 Å². The highest BCUT2D eigenvalue weighted by Gasteiger charge is 2.30. The zero-order valence-electron chi connectivity index (χ0n) is 12.2. The fourth-order valence-electron chi connectivity index (χ4n) is 2.02. The lowest BCUT2D eigenvalue weighted by molar-refractivity contribution is 0.0284. The summed E-state index contributed by atoms with van der Waals surface area (Å²) in [6.45, 7) is 7.53. The SMILES string of the molecule is CC(C)(C)OC(=O)N1CCC(COc2cnccn2)C1. The molecule has 0 saturated carbocycles. The Kier molecular flexibility index (Phi) is 4.42. The van der Waals surface area contributed by atoms with Crippen molar-refractivity contribution >= 4 is 6.09 Å². The highest BCUT2D eigenvalue weighted by atomic mass is 16.6. The van der Waals surface area contributed by atoms with E-state index in [1.54, 1.807) is 23.5 Å². The van der Waals surface area contributed by atoms with Gasteiger partial charge in [-0.25, -0.2) is 9.78 Å². The van der Waals surface area contributed by atoms with Crippen molar-refractivity contribution in [1.29, 1.82) is 0 Å². The minimum atomic E-state index is -0.453. The van der Waals surface area contributed by atoms with Crippen LogP contribution in [0.2, 0.25) is 0 Å². The fourth-order valence-corrected chi connectivity index (χ4v) is 2.02. The van der Waals surface area contributed by atoms with Gasteiger partial charge in [-0.2, -0.15) is 0 Å². The predicted molar refractivity (Wildman–Crippen MR) is 73.4 cm³/mol. The number of carbonyl (C=O) groups excluding carboxylic acids is 1. The van der Waals surface area contributed by atoms with E-state index in [2.05, 4.69) is 9.97 Å². The molecular weight excluding hydrogens is 258 g/mol. The van der Waals surface area contributed by atoms with Gasteiger partial charge in [-0.1, -0.05) is 0 Å². The van der Waals surface area contributed by atoms with Gasteiger partial charge in [-0.15, -0.1) is 0 Å². The Balaban J connectivity index is 1.76. The van der Waals surface area contributed by atoms with Gasteiger partial charge in [0.1, 0.15) is 5.60 Å². The first-order valence-electron chi connectivity index (χ1n) is 6.81. The van der Waals surface area contributed by atoms with E-state index in [4.69, 9.17) is 9.47 Å². The molecule has 2 rings (SSSR count). The highest BCUT2D eigenvalue weighted by Crippen LogP contribution is 2.20. The summed E-state index contributed by atoms with van der Waals surface area (Å²) in [7, 11) is 0. The number of hydrogen-bond donors (Lipinski definition) is 0. The molecule has 1 aliphatic rings. The van der Waals surface area contributed by atoms with E-state index in [1.165, 1.54) is 0 Å². The molecule has 1 atom stereocenters. The lowest BCUT2D eigenvalue weighted by Gasteiger charge is -2.24. The average Bonchev–Trinajstić information content (AvgIpc) is 2.84. The van der Waals surface area contributed by atoms with Crippen molar-refractivity contribution in [1.82, 2.24) is 14.9 Å². The first-order chi connectivity index (χ1) is 9.44. The van der Waals surface area contributed by atoms with Crippen molar-refractivity contribution in [2.75, 3.05) is 19.7 Å². The summed E-state index contributed by atoms with van der Waals surface area (Å²) < 4.78 is 10.9. The zero-order valence-corrected chi connectivity index (χ0v) is 12.2. The fraction of sp³-hybridized carbons (Fsp3) is 0.643. The highest BCUT2D eigenvalue weighted by molar-refractivity contribution is 5.68. The number of nitrogens with zero attached hydrogens (tertiary/aromatic N) is 3. The monoisotopic (exact) mass is 279 g/mol. The summed E-state index contributed by atoms with van der Waals surface area (Å²) in [6.07, 6.45) is 5.45.